The summed E-state index contributed by atoms with van der Waals surface area (Å²) in [5, 5.41) is 4.17. The second-order valence-electron chi connectivity index (χ2n) is 6.65. The first-order valence-corrected chi connectivity index (χ1v) is 8.95. The molecule has 0 spiro atoms. The van der Waals surface area contributed by atoms with Crippen molar-refractivity contribution in [1.29, 1.82) is 0 Å². The van der Waals surface area contributed by atoms with E-state index in [9.17, 15) is 13.2 Å². The number of alkyl halides is 3. The minimum absolute atomic E-state index is 0.326. The Hall–Kier alpha value is -2.60. The van der Waals surface area contributed by atoms with Gasteiger partial charge in [0.1, 0.15) is 0 Å². The van der Waals surface area contributed by atoms with Crippen LogP contribution in [0.2, 0.25) is 0 Å². The van der Waals surface area contributed by atoms with E-state index in [-0.39, 0.29) is 0 Å². The van der Waals surface area contributed by atoms with Crippen molar-refractivity contribution in [2.24, 2.45) is 0 Å². The molecule has 1 atom stereocenters. The molecule has 1 aromatic heterocycles. The Balaban J connectivity index is 1.80. The maximum Gasteiger partial charge on any atom is 0.523 e. The van der Waals surface area contributed by atoms with E-state index >= 15 is 0 Å². The fourth-order valence-electron chi connectivity index (χ4n) is 3.67. The Kier molecular flexibility index (Phi) is 4.74. The number of ether oxygens (including phenoxy) is 1. The molecule has 1 aliphatic rings. The molecule has 0 amide bonds. The summed E-state index contributed by atoms with van der Waals surface area (Å²) in [5.74, 6) is 0. The highest BCUT2D eigenvalue weighted by molar-refractivity contribution is 5.93. The molecule has 6 heteroatoms. The maximum atomic E-state index is 13.0. The third-order valence-corrected chi connectivity index (χ3v) is 4.80. The minimum Gasteiger partial charge on any atom is -0.380 e. The van der Waals surface area contributed by atoms with Gasteiger partial charge in [-0.2, -0.15) is 0 Å². The summed E-state index contributed by atoms with van der Waals surface area (Å²) in [6.07, 6.45) is -4.12. The number of aryl methyl sites for hydroxylation is 1. The van der Waals surface area contributed by atoms with E-state index in [2.05, 4.69) is 15.0 Å². The van der Waals surface area contributed by atoms with Crippen molar-refractivity contribution in [1.82, 2.24) is 4.98 Å². The van der Waals surface area contributed by atoms with Crippen LogP contribution in [-0.4, -0.2) is 11.3 Å². The highest BCUT2D eigenvalue weighted by Crippen LogP contribution is 2.43. The van der Waals surface area contributed by atoms with E-state index in [4.69, 9.17) is 0 Å². The molecule has 140 valence electrons. The second-order valence-corrected chi connectivity index (χ2v) is 6.65. The van der Waals surface area contributed by atoms with Gasteiger partial charge in [-0.1, -0.05) is 48.5 Å². The van der Waals surface area contributed by atoms with Crippen molar-refractivity contribution in [3.63, 3.8) is 0 Å². The largest absolute Gasteiger partial charge is 0.523 e. The summed E-state index contributed by atoms with van der Waals surface area (Å²) < 4.78 is 43.4. The van der Waals surface area contributed by atoms with Crippen molar-refractivity contribution >= 4 is 16.6 Å². The SMILES string of the molecule is FC(F)(F)OC1CCCc2nc3ccccc3c(NCc3ccccc3)c21. The molecule has 0 fully saturated rings. The number of hydrogen-bond acceptors (Lipinski definition) is 3. The van der Waals surface area contributed by atoms with Gasteiger partial charge < -0.3 is 5.32 Å². The Labute approximate surface area is 155 Å². The molecule has 1 unspecified atom stereocenters. The van der Waals surface area contributed by atoms with Gasteiger partial charge >= 0.3 is 6.36 Å². The second kappa shape index (κ2) is 7.19. The molecule has 0 bridgehead atoms. The fourth-order valence-corrected chi connectivity index (χ4v) is 3.67. The summed E-state index contributed by atoms with van der Waals surface area (Å²) >= 11 is 0. The number of fused-ring (bicyclic) bond motifs is 2. The standard InChI is InChI=1S/C21H19F3N2O/c22-21(23,24)27-18-12-6-11-17-19(18)20(15-9-4-5-10-16(15)26-17)25-13-14-7-2-1-3-8-14/h1-5,7-10,18H,6,11-13H2,(H,25,26). The van der Waals surface area contributed by atoms with Crippen LogP contribution in [0.25, 0.3) is 10.9 Å². The van der Waals surface area contributed by atoms with E-state index in [0.29, 0.717) is 42.8 Å². The van der Waals surface area contributed by atoms with Gasteiger partial charge in [0, 0.05) is 23.2 Å². The monoisotopic (exact) mass is 372 g/mol. The first-order valence-electron chi connectivity index (χ1n) is 8.95. The normalized spacial score (nSPS) is 16.9. The number of pyridine rings is 1. The van der Waals surface area contributed by atoms with Gasteiger partial charge in [-0.05, 0) is 30.9 Å². The van der Waals surface area contributed by atoms with Gasteiger partial charge in [0.2, 0.25) is 0 Å². The van der Waals surface area contributed by atoms with Gasteiger partial charge in [-0.25, -0.2) is 0 Å². The van der Waals surface area contributed by atoms with Crippen LogP contribution < -0.4 is 5.32 Å². The number of para-hydroxylation sites is 1. The van der Waals surface area contributed by atoms with Gasteiger partial charge in [0.25, 0.3) is 0 Å². The average Bonchev–Trinajstić information content (AvgIpc) is 2.65. The molecular weight excluding hydrogens is 353 g/mol. The third kappa shape index (κ3) is 3.90. The maximum absolute atomic E-state index is 13.0. The first kappa shape index (κ1) is 17.8. The average molecular weight is 372 g/mol. The lowest BCUT2D eigenvalue weighted by molar-refractivity contribution is -0.346. The van der Waals surface area contributed by atoms with Crippen LogP contribution in [0.3, 0.4) is 0 Å². The molecule has 1 N–H and O–H groups in total. The number of nitrogens with one attached hydrogen (secondary N) is 1. The zero-order valence-electron chi connectivity index (χ0n) is 14.6. The van der Waals surface area contributed by atoms with E-state index in [1.165, 1.54) is 0 Å². The van der Waals surface area contributed by atoms with Crippen molar-refractivity contribution < 1.29 is 17.9 Å². The Bertz CT molecular complexity index is 941. The minimum atomic E-state index is -4.68. The zero-order valence-corrected chi connectivity index (χ0v) is 14.6. The lowest BCUT2D eigenvalue weighted by atomic mass is 9.90. The summed E-state index contributed by atoms with van der Waals surface area (Å²) in [6.45, 7) is 0.514. The summed E-state index contributed by atoms with van der Waals surface area (Å²) in [5.41, 5.74) is 3.74. The van der Waals surface area contributed by atoms with Crippen LogP contribution in [0.4, 0.5) is 18.9 Å². The molecule has 0 aliphatic heterocycles. The Morgan fingerprint density at radius 2 is 1.78 bits per heavy atom. The Morgan fingerprint density at radius 3 is 2.56 bits per heavy atom. The van der Waals surface area contributed by atoms with Crippen LogP contribution in [0.15, 0.2) is 54.6 Å². The molecule has 2 aromatic carbocycles. The van der Waals surface area contributed by atoms with Crippen molar-refractivity contribution in [3.8, 4) is 0 Å². The van der Waals surface area contributed by atoms with E-state index in [1.54, 1.807) is 0 Å². The number of benzene rings is 2. The van der Waals surface area contributed by atoms with Crippen LogP contribution in [0.1, 0.15) is 35.8 Å². The molecule has 0 radical (unpaired) electrons. The first-order chi connectivity index (χ1) is 13.0. The van der Waals surface area contributed by atoms with Crippen LogP contribution in [0, 0.1) is 0 Å². The van der Waals surface area contributed by atoms with Crippen LogP contribution in [-0.2, 0) is 17.7 Å². The van der Waals surface area contributed by atoms with Crippen molar-refractivity contribution in [2.75, 3.05) is 5.32 Å². The topological polar surface area (TPSA) is 34.1 Å². The summed E-state index contributed by atoms with van der Waals surface area (Å²) in [6, 6.07) is 17.3. The number of anilines is 1. The number of halogens is 3. The molecule has 1 heterocycles. The van der Waals surface area contributed by atoms with Gasteiger partial charge in [-0.15, -0.1) is 13.2 Å². The molecule has 3 nitrogen and oxygen atoms in total. The molecular formula is C21H19F3N2O. The zero-order chi connectivity index (χ0) is 18.9. The third-order valence-electron chi connectivity index (χ3n) is 4.80. The molecule has 3 aromatic rings. The van der Waals surface area contributed by atoms with Gasteiger partial charge in [-0.3, -0.25) is 9.72 Å². The molecule has 0 saturated carbocycles. The van der Waals surface area contributed by atoms with Gasteiger partial charge in [0.05, 0.1) is 17.3 Å². The fraction of sp³-hybridized carbons (Fsp3) is 0.286. The predicted molar refractivity (Wildman–Crippen MR) is 98.3 cm³/mol. The number of nitrogens with zero attached hydrogens (tertiary/aromatic N) is 1. The highest BCUT2D eigenvalue weighted by Gasteiger charge is 2.38. The predicted octanol–water partition coefficient (Wildman–Crippen LogP) is 5.76. The van der Waals surface area contributed by atoms with Gasteiger partial charge in [0.15, 0.2) is 0 Å². The molecule has 27 heavy (non-hydrogen) atoms. The van der Waals surface area contributed by atoms with Crippen LogP contribution >= 0.6 is 0 Å². The number of hydrogen-bond donors (Lipinski definition) is 1. The highest BCUT2D eigenvalue weighted by atomic mass is 19.4. The summed E-state index contributed by atoms with van der Waals surface area (Å²) in [7, 11) is 0. The number of aromatic nitrogens is 1. The lowest BCUT2D eigenvalue weighted by Gasteiger charge is -2.29. The van der Waals surface area contributed by atoms with E-state index in [1.807, 2.05) is 54.6 Å². The number of rotatable bonds is 4. The van der Waals surface area contributed by atoms with Crippen molar-refractivity contribution in [2.45, 2.75) is 38.3 Å². The van der Waals surface area contributed by atoms with E-state index < -0.39 is 12.5 Å². The molecule has 4 rings (SSSR count). The van der Waals surface area contributed by atoms with Crippen LogP contribution in [0.5, 0.6) is 0 Å². The Morgan fingerprint density at radius 1 is 1.04 bits per heavy atom. The summed E-state index contributed by atoms with van der Waals surface area (Å²) in [4.78, 5) is 4.62. The van der Waals surface area contributed by atoms with Crippen molar-refractivity contribution in [3.05, 3.63) is 71.4 Å². The molecule has 1 aliphatic carbocycles. The quantitative estimate of drug-likeness (QED) is 0.632. The molecule has 0 saturated heterocycles. The lowest BCUT2D eigenvalue weighted by Crippen LogP contribution is -2.23. The smallest absolute Gasteiger partial charge is 0.380 e. The van der Waals surface area contributed by atoms with E-state index in [0.717, 1.165) is 16.5 Å².